The van der Waals surface area contributed by atoms with Gasteiger partial charge in [-0.25, -0.2) is 0 Å². The SMILES string of the molecule is CCC1CNC(C(C)C)CN1CCC1CCC(C)CC1. The molecule has 118 valence electrons. The Labute approximate surface area is 126 Å². The van der Waals surface area contributed by atoms with Gasteiger partial charge < -0.3 is 5.32 Å². The van der Waals surface area contributed by atoms with Crippen LogP contribution in [-0.2, 0) is 0 Å². The third-order valence-corrected chi connectivity index (χ3v) is 5.80. The highest BCUT2D eigenvalue weighted by molar-refractivity contribution is 4.87. The van der Waals surface area contributed by atoms with E-state index in [0.29, 0.717) is 6.04 Å². The monoisotopic (exact) mass is 280 g/mol. The summed E-state index contributed by atoms with van der Waals surface area (Å²) in [6.07, 6.45) is 8.64. The third-order valence-electron chi connectivity index (χ3n) is 5.80. The van der Waals surface area contributed by atoms with Crippen molar-refractivity contribution in [3.8, 4) is 0 Å². The van der Waals surface area contributed by atoms with Gasteiger partial charge in [-0.2, -0.15) is 0 Å². The number of rotatable bonds is 5. The fraction of sp³-hybridized carbons (Fsp3) is 1.00. The van der Waals surface area contributed by atoms with Gasteiger partial charge in [-0.1, -0.05) is 53.4 Å². The summed E-state index contributed by atoms with van der Waals surface area (Å²) in [6, 6.07) is 1.47. The van der Waals surface area contributed by atoms with Crippen molar-refractivity contribution in [2.24, 2.45) is 17.8 Å². The summed E-state index contributed by atoms with van der Waals surface area (Å²) in [5, 5.41) is 3.75. The van der Waals surface area contributed by atoms with Crippen molar-refractivity contribution >= 4 is 0 Å². The Morgan fingerprint density at radius 1 is 1.15 bits per heavy atom. The van der Waals surface area contributed by atoms with E-state index < -0.39 is 0 Å². The van der Waals surface area contributed by atoms with Gasteiger partial charge in [0.2, 0.25) is 0 Å². The zero-order valence-electron chi connectivity index (χ0n) is 14.2. The molecule has 2 fully saturated rings. The number of hydrogen-bond donors (Lipinski definition) is 1. The van der Waals surface area contributed by atoms with Crippen LogP contribution < -0.4 is 5.32 Å². The van der Waals surface area contributed by atoms with Crippen LogP contribution in [0.15, 0.2) is 0 Å². The number of nitrogens with zero attached hydrogens (tertiary/aromatic N) is 1. The second kappa shape index (κ2) is 7.79. The van der Waals surface area contributed by atoms with Gasteiger partial charge in [-0.3, -0.25) is 4.90 Å². The zero-order chi connectivity index (χ0) is 14.5. The molecule has 1 saturated carbocycles. The molecule has 2 unspecified atom stereocenters. The molecule has 0 spiro atoms. The summed E-state index contributed by atoms with van der Waals surface area (Å²) in [7, 11) is 0. The first-order chi connectivity index (χ1) is 9.60. The van der Waals surface area contributed by atoms with Crippen LogP contribution in [-0.4, -0.2) is 36.6 Å². The highest BCUT2D eigenvalue weighted by Gasteiger charge is 2.28. The van der Waals surface area contributed by atoms with E-state index in [2.05, 4.69) is 37.9 Å². The maximum Gasteiger partial charge on any atom is 0.0218 e. The first-order valence-corrected chi connectivity index (χ1v) is 9.07. The van der Waals surface area contributed by atoms with Gasteiger partial charge in [0.25, 0.3) is 0 Å². The van der Waals surface area contributed by atoms with E-state index in [4.69, 9.17) is 0 Å². The summed E-state index contributed by atoms with van der Waals surface area (Å²) >= 11 is 0. The molecule has 20 heavy (non-hydrogen) atoms. The number of nitrogens with one attached hydrogen (secondary N) is 1. The van der Waals surface area contributed by atoms with Crippen LogP contribution in [0, 0.1) is 17.8 Å². The van der Waals surface area contributed by atoms with Crippen LogP contribution in [0.5, 0.6) is 0 Å². The summed E-state index contributed by atoms with van der Waals surface area (Å²) in [6.45, 7) is 13.3. The zero-order valence-corrected chi connectivity index (χ0v) is 14.2. The minimum absolute atomic E-state index is 0.698. The van der Waals surface area contributed by atoms with Crippen molar-refractivity contribution < 1.29 is 0 Å². The fourth-order valence-corrected chi connectivity index (χ4v) is 3.97. The molecular weight excluding hydrogens is 244 g/mol. The highest BCUT2D eigenvalue weighted by Crippen LogP contribution is 2.30. The molecule has 0 aromatic heterocycles. The van der Waals surface area contributed by atoms with E-state index >= 15 is 0 Å². The molecule has 0 aromatic carbocycles. The Balaban J connectivity index is 1.79. The van der Waals surface area contributed by atoms with E-state index in [1.807, 2.05) is 0 Å². The lowest BCUT2D eigenvalue weighted by Crippen LogP contribution is -2.58. The normalized spacial score (nSPS) is 36.5. The second-order valence-corrected chi connectivity index (χ2v) is 7.73. The lowest BCUT2D eigenvalue weighted by atomic mass is 9.81. The largest absolute Gasteiger partial charge is 0.311 e. The molecule has 0 bridgehead atoms. The van der Waals surface area contributed by atoms with Crippen molar-refractivity contribution in [3.05, 3.63) is 0 Å². The first-order valence-electron chi connectivity index (χ1n) is 9.07. The summed E-state index contributed by atoms with van der Waals surface area (Å²) in [4.78, 5) is 2.79. The molecular formula is C18H36N2. The standard InChI is InChI=1S/C18H36N2/c1-5-17-12-19-18(14(2)3)13-20(17)11-10-16-8-6-15(4)7-9-16/h14-19H,5-13H2,1-4H3. The Morgan fingerprint density at radius 3 is 2.45 bits per heavy atom. The molecule has 1 aliphatic heterocycles. The third kappa shape index (κ3) is 4.46. The van der Waals surface area contributed by atoms with Crippen LogP contribution in [0.3, 0.4) is 0 Å². The van der Waals surface area contributed by atoms with Gasteiger partial charge in [-0.15, -0.1) is 0 Å². The lowest BCUT2D eigenvalue weighted by molar-refractivity contribution is 0.0989. The van der Waals surface area contributed by atoms with Crippen molar-refractivity contribution in [1.29, 1.82) is 0 Å². The molecule has 2 heteroatoms. The van der Waals surface area contributed by atoms with Gasteiger partial charge in [0.15, 0.2) is 0 Å². The molecule has 1 N–H and O–H groups in total. The molecule has 1 aliphatic carbocycles. The number of hydrogen-bond acceptors (Lipinski definition) is 2. The van der Waals surface area contributed by atoms with Crippen LogP contribution in [0.1, 0.15) is 66.2 Å². The summed E-state index contributed by atoms with van der Waals surface area (Å²) < 4.78 is 0. The Hall–Kier alpha value is -0.0800. The Morgan fingerprint density at radius 2 is 1.85 bits per heavy atom. The summed E-state index contributed by atoms with van der Waals surface area (Å²) in [5.41, 5.74) is 0. The molecule has 2 atom stereocenters. The lowest BCUT2D eigenvalue weighted by Gasteiger charge is -2.42. The van der Waals surface area contributed by atoms with E-state index in [-0.39, 0.29) is 0 Å². The molecule has 2 aliphatic rings. The predicted molar refractivity (Wildman–Crippen MR) is 88.0 cm³/mol. The van der Waals surface area contributed by atoms with Gasteiger partial charge in [0.05, 0.1) is 0 Å². The van der Waals surface area contributed by atoms with Crippen molar-refractivity contribution in [3.63, 3.8) is 0 Å². The highest BCUT2D eigenvalue weighted by atomic mass is 15.2. The molecule has 1 heterocycles. The van der Waals surface area contributed by atoms with Crippen LogP contribution in [0.2, 0.25) is 0 Å². The smallest absolute Gasteiger partial charge is 0.0218 e. The first kappa shape index (κ1) is 16.3. The van der Waals surface area contributed by atoms with E-state index in [0.717, 1.165) is 23.8 Å². The maximum atomic E-state index is 3.75. The van der Waals surface area contributed by atoms with Crippen LogP contribution in [0.4, 0.5) is 0 Å². The predicted octanol–water partition coefficient (Wildman–Crippen LogP) is 3.91. The van der Waals surface area contributed by atoms with E-state index in [1.54, 1.807) is 0 Å². The van der Waals surface area contributed by atoms with Gasteiger partial charge in [0.1, 0.15) is 0 Å². The van der Waals surface area contributed by atoms with E-state index in [1.165, 1.54) is 58.2 Å². The minimum Gasteiger partial charge on any atom is -0.311 e. The van der Waals surface area contributed by atoms with Crippen molar-refractivity contribution in [2.75, 3.05) is 19.6 Å². The van der Waals surface area contributed by atoms with Crippen molar-refractivity contribution in [1.82, 2.24) is 10.2 Å². The van der Waals surface area contributed by atoms with Gasteiger partial charge in [-0.05, 0) is 37.1 Å². The molecule has 2 nitrogen and oxygen atoms in total. The average molecular weight is 280 g/mol. The molecule has 0 amide bonds. The van der Waals surface area contributed by atoms with Crippen LogP contribution >= 0.6 is 0 Å². The number of piperazine rings is 1. The van der Waals surface area contributed by atoms with Gasteiger partial charge >= 0.3 is 0 Å². The molecule has 1 saturated heterocycles. The minimum atomic E-state index is 0.698. The fourth-order valence-electron chi connectivity index (χ4n) is 3.97. The summed E-state index contributed by atoms with van der Waals surface area (Å²) in [5.74, 6) is 2.75. The molecule has 0 radical (unpaired) electrons. The quantitative estimate of drug-likeness (QED) is 0.821. The molecule has 2 rings (SSSR count). The average Bonchev–Trinajstić information content (AvgIpc) is 2.46. The maximum absolute atomic E-state index is 3.75. The van der Waals surface area contributed by atoms with Gasteiger partial charge in [0, 0.05) is 25.2 Å². The Bertz CT molecular complexity index is 269. The molecule has 0 aromatic rings. The topological polar surface area (TPSA) is 15.3 Å². The Kier molecular flexibility index (Phi) is 6.35. The van der Waals surface area contributed by atoms with Crippen LogP contribution in [0.25, 0.3) is 0 Å². The van der Waals surface area contributed by atoms with Crippen molar-refractivity contribution in [2.45, 2.75) is 78.3 Å². The van der Waals surface area contributed by atoms with E-state index in [9.17, 15) is 0 Å². The second-order valence-electron chi connectivity index (χ2n) is 7.73.